The third-order valence-corrected chi connectivity index (χ3v) is 3.72. The highest BCUT2D eigenvalue weighted by molar-refractivity contribution is 9.10. The smallest absolute Gasteiger partial charge is 0.125 e. The van der Waals surface area contributed by atoms with Crippen LogP contribution in [0.5, 0.6) is 0 Å². The van der Waals surface area contributed by atoms with Gasteiger partial charge in [0, 0.05) is 13.6 Å². The number of rotatable bonds is 6. The van der Waals surface area contributed by atoms with Crippen molar-refractivity contribution in [3.05, 3.63) is 52.3 Å². The van der Waals surface area contributed by atoms with E-state index >= 15 is 0 Å². The highest BCUT2D eigenvalue weighted by atomic mass is 79.9. The molecule has 2 aromatic rings. The lowest BCUT2D eigenvalue weighted by Crippen LogP contribution is -2.21. The maximum Gasteiger partial charge on any atom is 0.125 e. The summed E-state index contributed by atoms with van der Waals surface area (Å²) in [4.78, 5) is 2.11. The maximum atomic E-state index is 6.11. The molecule has 0 spiro atoms. The second-order valence-electron chi connectivity index (χ2n) is 4.97. The van der Waals surface area contributed by atoms with Gasteiger partial charge in [-0.05, 0) is 35.6 Å². The van der Waals surface area contributed by atoms with Crippen LogP contribution in [0, 0.1) is 0 Å². The standard InChI is InChI=1S/C15H20BrN3O/c1-18(2)9-10-20-15(12-7-5-4-6-8-12)14-13(16)11-17-19(14)3/h4-8,11,15H,9-10H2,1-3H3. The molecule has 20 heavy (non-hydrogen) atoms. The van der Waals surface area contributed by atoms with E-state index in [0.717, 1.165) is 22.3 Å². The van der Waals surface area contributed by atoms with Gasteiger partial charge in [-0.1, -0.05) is 30.3 Å². The third kappa shape index (κ3) is 3.69. The quantitative estimate of drug-likeness (QED) is 0.811. The zero-order valence-corrected chi connectivity index (χ0v) is 13.7. The van der Waals surface area contributed by atoms with Gasteiger partial charge in [-0.3, -0.25) is 4.68 Å². The van der Waals surface area contributed by atoms with E-state index in [4.69, 9.17) is 4.74 Å². The van der Waals surface area contributed by atoms with Gasteiger partial charge < -0.3 is 9.64 Å². The summed E-state index contributed by atoms with van der Waals surface area (Å²) in [5.41, 5.74) is 2.17. The van der Waals surface area contributed by atoms with Gasteiger partial charge in [0.2, 0.25) is 0 Å². The second-order valence-corrected chi connectivity index (χ2v) is 5.82. The molecule has 0 N–H and O–H groups in total. The molecule has 0 aliphatic carbocycles. The highest BCUT2D eigenvalue weighted by Crippen LogP contribution is 2.30. The lowest BCUT2D eigenvalue weighted by Gasteiger charge is -2.20. The van der Waals surface area contributed by atoms with Gasteiger partial charge in [0.1, 0.15) is 6.10 Å². The van der Waals surface area contributed by atoms with Crippen LogP contribution in [-0.2, 0) is 11.8 Å². The Kier molecular flexibility index (Phi) is 5.34. The fourth-order valence-electron chi connectivity index (χ4n) is 2.03. The van der Waals surface area contributed by atoms with Gasteiger partial charge in [-0.2, -0.15) is 5.10 Å². The Morgan fingerprint density at radius 2 is 2.00 bits per heavy atom. The van der Waals surface area contributed by atoms with Crippen molar-refractivity contribution in [2.45, 2.75) is 6.10 Å². The minimum atomic E-state index is -0.113. The van der Waals surface area contributed by atoms with Gasteiger partial charge in [-0.15, -0.1) is 0 Å². The number of aromatic nitrogens is 2. The van der Waals surface area contributed by atoms with Crippen molar-refractivity contribution in [1.29, 1.82) is 0 Å². The molecular formula is C15H20BrN3O. The van der Waals surface area contributed by atoms with E-state index in [1.807, 2.05) is 44.0 Å². The summed E-state index contributed by atoms with van der Waals surface area (Å²) in [7, 11) is 6.02. The van der Waals surface area contributed by atoms with Gasteiger partial charge >= 0.3 is 0 Å². The lowest BCUT2D eigenvalue weighted by molar-refractivity contribution is 0.0634. The molecule has 1 unspecified atom stereocenters. The van der Waals surface area contributed by atoms with Gasteiger partial charge in [-0.25, -0.2) is 0 Å². The average molecular weight is 338 g/mol. The molecule has 0 fully saturated rings. The molecule has 0 saturated heterocycles. The number of hydrogen-bond acceptors (Lipinski definition) is 3. The molecule has 0 aliphatic rings. The highest BCUT2D eigenvalue weighted by Gasteiger charge is 2.21. The normalized spacial score (nSPS) is 12.8. The van der Waals surface area contributed by atoms with Crippen LogP contribution in [0.15, 0.2) is 41.0 Å². The molecule has 1 atom stereocenters. The van der Waals surface area contributed by atoms with E-state index < -0.39 is 0 Å². The minimum absolute atomic E-state index is 0.113. The molecule has 4 nitrogen and oxygen atoms in total. The number of likely N-dealkylation sites (N-methyl/N-ethyl adjacent to an activating group) is 1. The molecule has 108 valence electrons. The predicted octanol–water partition coefficient (Wildman–Crippen LogP) is 2.85. The summed E-state index contributed by atoms with van der Waals surface area (Å²) in [5, 5.41) is 4.29. The maximum absolute atomic E-state index is 6.11. The molecule has 0 bridgehead atoms. The van der Waals surface area contributed by atoms with E-state index in [9.17, 15) is 0 Å². The summed E-state index contributed by atoms with van der Waals surface area (Å²) in [6.07, 6.45) is 1.69. The van der Waals surface area contributed by atoms with Crippen LogP contribution in [-0.4, -0.2) is 41.9 Å². The zero-order valence-electron chi connectivity index (χ0n) is 12.1. The molecule has 5 heteroatoms. The first-order valence-electron chi connectivity index (χ1n) is 6.58. The van der Waals surface area contributed by atoms with E-state index in [1.54, 1.807) is 6.20 Å². The van der Waals surface area contributed by atoms with Crippen molar-refractivity contribution in [2.75, 3.05) is 27.2 Å². The number of benzene rings is 1. The number of halogens is 1. The Hall–Kier alpha value is -1.17. The summed E-state index contributed by atoms with van der Waals surface area (Å²) in [5.74, 6) is 0. The predicted molar refractivity (Wildman–Crippen MR) is 83.7 cm³/mol. The Labute approximate surface area is 128 Å². The van der Waals surface area contributed by atoms with Gasteiger partial charge in [0.05, 0.1) is 23.0 Å². The summed E-state index contributed by atoms with van der Waals surface area (Å²) in [6, 6.07) is 10.2. The van der Waals surface area contributed by atoms with Crippen molar-refractivity contribution < 1.29 is 4.74 Å². The van der Waals surface area contributed by atoms with E-state index in [1.165, 1.54) is 0 Å². The van der Waals surface area contributed by atoms with Crippen LogP contribution >= 0.6 is 15.9 Å². The molecule has 2 rings (SSSR count). The molecule has 1 aromatic carbocycles. The Morgan fingerprint density at radius 3 is 2.55 bits per heavy atom. The van der Waals surface area contributed by atoms with Crippen molar-refractivity contribution in [1.82, 2.24) is 14.7 Å². The van der Waals surface area contributed by atoms with Crippen molar-refractivity contribution in [2.24, 2.45) is 7.05 Å². The first-order valence-corrected chi connectivity index (χ1v) is 7.37. The molecule has 0 saturated carbocycles. The number of aryl methyl sites for hydroxylation is 1. The molecule has 0 aliphatic heterocycles. The van der Waals surface area contributed by atoms with E-state index in [0.29, 0.717) is 6.61 Å². The first-order chi connectivity index (χ1) is 9.59. The van der Waals surface area contributed by atoms with E-state index in [-0.39, 0.29) is 6.10 Å². The van der Waals surface area contributed by atoms with Crippen molar-refractivity contribution >= 4 is 15.9 Å². The largest absolute Gasteiger partial charge is 0.366 e. The number of hydrogen-bond donors (Lipinski definition) is 0. The monoisotopic (exact) mass is 337 g/mol. The molecule has 0 radical (unpaired) electrons. The van der Waals surface area contributed by atoms with Crippen molar-refractivity contribution in [3.8, 4) is 0 Å². The topological polar surface area (TPSA) is 30.3 Å². The van der Waals surface area contributed by atoms with Crippen LogP contribution < -0.4 is 0 Å². The fourth-order valence-corrected chi connectivity index (χ4v) is 2.59. The Balaban J connectivity index is 2.25. The lowest BCUT2D eigenvalue weighted by atomic mass is 10.1. The van der Waals surface area contributed by atoms with Gasteiger partial charge in [0.25, 0.3) is 0 Å². The number of nitrogens with zero attached hydrogens (tertiary/aromatic N) is 3. The Bertz CT molecular complexity index is 520. The summed E-state index contributed by atoms with van der Waals surface area (Å²) < 4.78 is 8.94. The molecule has 1 heterocycles. The second kappa shape index (κ2) is 7.02. The van der Waals surface area contributed by atoms with Crippen LogP contribution in [0.3, 0.4) is 0 Å². The minimum Gasteiger partial charge on any atom is -0.366 e. The van der Waals surface area contributed by atoms with Crippen LogP contribution in [0.1, 0.15) is 17.4 Å². The van der Waals surface area contributed by atoms with Crippen LogP contribution in [0.25, 0.3) is 0 Å². The SMILES string of the molecule is CN(C)CCOC(c1ccccc1)c1c(Br)cnn1C. The first kappa shape index (κ1) is 15.2. The molecule has 0 amide bonds. The zero-order chi connectivity index (χ0) is 14.5. The summed E-state index contributed by atoms with van der Waals surface area (Å²) >= 11 is 3.56. The van der Waals surface area contributed by atoms with Gasteiger partial charge in [0.15, 0.2) is 0 Å². The third-order valence-electron chi connectivity index (χ3n) is 3.11. The molecular weight excluding hydrogens is 318 g/mol. The Morgan fingerprint density at radius 1 is 1.30 bits per heavy atom. The van der Waals surface area contributed by atoms with Crippen LogP contribution in [0.2, 0.25) is 0 Å². The fraction of sp³-hybridized carbons (Fsp3) is 0.400. The van der Waals surface area contributed by atoms with Crippen LogP contribution in [0.4, 0.5) is 0 Å². The average Bonchev–Trinajstić information content (AvgIpc) is 2.76. The summed E-state index contributed by atoms with van der Waals surface area (Å²) in [6.45, 7) is 1.56. The number of ether oxygens (including phenoxy) is 1. The van der Waals surface area contributed by atoms with E-state index in [2.05, 4.69) is 38.1 Å². The molecule has 1 aromatic heterocycles. The van der Waals surface area contributed by atoms with Crippen molar-refractivity contribution in [3.63, 3.8) is 0 Å².